The molecule has 2 aromatic carbocycles. The summed E-state index contributed by atoms with van der Waals surface area (Å²) in [5, 5.41) is 1.22. The first-order chi connectivity index (χ1) is 17.3. The molecule has 2 aromatic rings. The van der Waals surface area contributed by atoms with Crippen molar-refractivity contribution < 1.29 is 27.5 Å². The number of piperazine rings is 1. The largest absolute Gasteiger partial charge is 0.493 e. The number of ether oxygens (including phenoxy) is 2. The van der Waals surface area contributed by atoms with Gasteiger partial charge in [0.05, 0.1) is 26.7 Å². The number of imide groups is 1. The van der Waals surface area contributed by atoms with Gasteiger partial charge in [-0.05, 0) is 35.8 Å². The number of amides is 2. The van der Waals surface area contributed by atoms with Crippen LogP contribution in [0.1, 0.15) is 17.5 Å². The zero-order valence-electron chi connectivity index (χ0n) is 20.5. The third-order valence-electron chi connectivity index (χ3n) is 6.60. The number of hydrogen-bond acceptors (Lipinski definition) is 7. The molecule has 0 unspecified atom stereocenters. The molecule has 0 radical (unpaired) electrons. The molecule has 36 heavy (non-hydrogen) atoms. The van der Waals surface area contributed by atoms with Crippen LogP contribution in [-0.4, -0.2) is 87.3 Å². The molecule has 2 heterocycles. The minimum atomic E-state index is -3.57. The van der Waals surface area contributed by atoms with Crippen LogP contribution < -0.4 is 9.47 Å². The number of methoxy groups -OCH3 is 2. The van der Waals surface area contributed by atoms with E-state index in [1.54, 1.807) is 26.4 Å². The number of rotatable bonds is 9. The summed E-state index contributed by atoms with van der Waals surface area (Å²) in [5.74, 6) is 0.789. The fraction of sp³-hybridized carbons (Fsp3) is 0.385. The molecule has 4 rings (SSSR count). The molecular weight excluding hydrogens is 482 g/mol. The van der Waals surface area contributed by atoms with Crippen molar-refractivity contribution in [3.05, 3.63) is 65.1 Å². The van der Waals surface area contributed by atoms with Gasteiger partial charge >= 0.3 is 0 Å². The van der Waals surface area contributed by atoms with Crippen LogP contribution in [0.3, 0.4) is 0 Å². The minimum absolute atomic E-state index is 0.116. The molecule has 0 aromatic heterocycles. The zero-order valence-corrected chi connectivity index (χ0v) is 21.3. The van der Waals surface area contributed by atoms with E-state index in [1.165, 1.54) is 14.6 Å². The first-order valence-corrected chi connectivity index (χ1v) is 13.3. The van der Waals surface area contributed by atoms with E-state index in [9.17, 15) is 18.0 Å². The van der Waals surface area contributed by atoms with Gasteiger partial charge in [0.25, 0.3) is 0 Å². The SMILES string of the molecule is COc1ccc(CCN2C(=O)C[C@H](N3CCN(S(=O)(=O)/C=C/c4ccccc4)CC3)C2=O)cc1OC. The average molecular weight is 514 g/mol. The maximum atomic E-state index is 13.1. The molecule has 1 atom stereocenters. The second-order valence-electron chi connectivity index (χ2n) is 8.74. The Morgan fingerprint density at radius 2 is 1.64 bits per heavy atom. The van der Waals surface area contributed by atoms with Gasteiger partial charge in [0.15, 0.2) is 11.5 Å². The molecule has 2 saturated heterocycles. The highest BCUT2D eigenvalue weighted by Crippen LogP contribution is 2.28. The molecule has 2 aliphatic heterocycles. The Balaban J connectivity index is 1.32. The Morgan fingerprint density at radius 3 is 2.31 bits per heavy atom. The summed E-state index contributed by atoms with van der Waals surface area (Å²) in [5.41, 5.74) is 1.74. The highest BCUT2D eigenvalue weighted by Gasteiger charge is 2.42. The van der Waals surface area contributed by atoms with E-state index in [0.29, 0.717) is 31.0 Å². The fourth-order valence-electron chi connectivity index (χ4n) is 4.55. The van der Waals surface area contributed by atoms with Crippen LogP contribution in [0.2, 0.25) is 0 Å². The number of carbonyl (C=O) groups excluding carboxylic acids is 2. The number of nitrogens with zero attached hydrogens (tertiary/aromatic N) is 3. The summed E-state index contributed by atoms with van der Waals surface area (Å²) >= 11 is 0. The average Bonchev–Trinajstić information content (AvgIpc) is 3.19. The molecule has 0 bridgehead atoms. The molecule has 10 heteroatoms. The lowest BCUT2D eigenvalue weighted by atomic mass is 10.1. The molecule has 0 saturated carbocycles. The van der Waals surface area contributed by atoms with Crippen LogP contribution in [-0.2, 0) is 26.0 Å². The summed E-state index contributed by atoms with van der Waals surface area (Å²) < 4.78 is 37.5. The van der Waals surface area contributed by atoms with Gasteiger partial charge in [0.1, 0.15) is 0 Å². The Kier molecular flexibility index (Phi) is 8.07. The predicted molar refractivity (Wildman–Crippen MR) is 136 cm³/mol. The normalized spacial score (nSPS) is 19.8. The zero-order chi connectivity index (χ0) is 25.7. The van der Waals surface area contributed by atoms with E-state index in [1.807, 2.05) is 47.4 Å². The van der Waals surface area contributed by atoms with Crippen LogP contribution in [0.25, 0.3) is 6.08 Å². The number of likely N-dealkylation sites (tertiary alicyclic amines) is 1. The van der Waals surface area contributed by atoms with Crippen LogP contribution in [0.4, 0.5) is 0 Å². The molecule has 0 aliphatic carbocycles. The minimum Gasteiger partial charge on any atom is -0.493 e. The first kappa shape index (κ1) is 25.9. The van der Waals surface area contributed by atoms with Crippen molar-refractivity contribution in [2.24, 2.45) is 0 Å². The summed E-state index contributed by atoms with van der Waals surface area (Å²) in [6.45, 7) is 1.61. The van der Waals surface area contributed by atoms with E-state index in [-0.39, 0.29) is 37.9 Å². The van der Waals surface area contributed by atoms with Gasteiger partial charge in [-0.3, -0.25) is 19.4 Å². The molecular formula is C26H31N3O6S. The third-order valence-corrected chi connectivity index (χ3v) is 8.16. The quantitative estimate of drug-likeness (QED) is 0.473. The van der Waals surface area contributed by atoms with Crippen LogP contribution in [0, 0.1) is 0 Å². The molecule has 2 aliphatic rings. The van der Waals surface area contributed by atoms with E-state index in [4.69, 9.17) is 9.47 Å². The summed E-state index contributed by atoms with van der Waals surface area (Å²) in [6.07, 6.45) is 2.20. The van der Waals surface area contributed by atoms with Crippen molar-refractivity contribution in [2.45, 2.75) is 18.9 Å². The number of hydrogen-bond donors (Lipinski definition) is 0. The van der Waals surface area contributed by atoms with Gasteiger partial charge in [-0.1, -0.05) is 36.4 Å². The van der Waals surface area contributed by atoms with E-state index >= 15 is 0 Å². The van der Waals surface area contributed by atoms with Crippen LogP contribution >= 0.6 is 0 Å². The smallest absolute Gasteiger partial charge is 0.247 e. The van der Waals surface area contributed by atoms with Gasteiger partial charge < -0.3 is 9.47 Å². The maximum absolute atomic E-state index is 13.1. The number of benzene rings is 2. The Bertz CT molecular complexity index is 1220. The lowest BCUT2D eigenvalue weighted by Crippen LogP contribution is -2.53. The fourth-order valence-corrected chi connectivity index (χ4v) is 5.72. The topological polar surface area (TPSA) is 96.5 Å². The van der Waals surface area contributed by atoms with Crippen molar-refractivity contribution in [3.8, 4) is 11.5 Å². The monoisotopic (exact) mass is 513 g/mol. The van der Waals surface area contributed by atoms with Gasteiger partial charge in [0, 0.05) is 38.1 Å². The second-order valence-corrected chi connectivity index (χ2v) is 10.6. The van der Waals surface area contributed by atoms with Crippen molar-refractivity contribution in [1.82, 2.24) is 14.1 Å². The summed E-state index contributed by atoms with van der Waals surface area (Å²) in [4.78, 5) is 29.0. The molecule has 2 amide bonds. The van der Waals surface area contributed by atoms with Gasteiger partial charge in [-0.15, -0.1) is 0 Å². The van der Waals surface area contributed by atoms with E-state index in [0.717, 1.165) is 11.1 Å². The number of sulfonamides is 1. The molecule has 2 fully saturated rings. The Labute approximate surface area is 211 Å². The van der Waals surface area contributed by atoms with Gasteiger partial charge in [-0.2, -0.15) is 4.31 Å². The maximum Gasteiger partial charge on any atom is 0.247 e. The molecule has 9 nitrogen and oxygen atoms in total. The molecule has 0 spiro atoms. The summed E-state index contributed by atoms with van der Waals surface area (Å²) in [6, 6.07) is 14.2. The summed E-state index contributed by atoms with van der Waals surface area (Å²) in [7, 11) is -0.444. The van der Waals surface area contributed by atoms with Gasteiger partial charge in [0.2, 0.25) is 21.8 Å². The van der Waals surface area contributed by atoms with Crippen LogP contribution in [0.15, 0.2) is 53.9 Å². The second kappa shape index (κ2) is 11.2. The number of carbonyl (C=O) groups is 2. The Hall–Kier alpha value is -3.21. The lowest BCUT2D eigenvalue weighted by Gasteiger charge is -2.35. The highest BCUT2D eigenvalue weighted by molar-refractivity contribution is 7.92. The lowest BCUT2D eigenvalue weighted by molar-refractivity contribution is -0.139. The van der Waals surface area contributed by atoms with Crippen molar-refractivity contribution in [1.29, 1.82) is 0 Å². The van der Waals surface area contributed by atoms with Crippen molar-refractivity contribution >= 4 is 27.9 Å². The van der Waals surface area contributed by atoms with E-state index in [2.05, 4.69) is 0 Å². The first-order valence-electron chi connectivity index (χ1n) is 11.8. The molecule has 192 valence electrons. The standard InChI is InChI=1S/C26H31N3O6S/c1-34-23-9-8-21(18-24(23)35-2)10-12-29-25(30)19-22(26(29)31)27-13-15-28(16-14-27)36(32,33)17-11-20-6-4-3-5-7-20/h3-9,11,17-18,22H,10,12-16,19H2,1-2H3/b17-11+/t22-/m0/s1. The van der Waals surface area contributed by atoms with Gasteiger partial charge in [-0.25, -0.2) is 8.42 Å². The van der Waals surface area contributed by atoms with E-state index < -0.39 is 16.1 Å². The van der Waals surface area contributed by atoms with Crippen molar-refractivity contribution in [3.63, 3.8) is 0 Å². The van der Waals surface area contributed by atoms with Crippen LogP contribution in [0.5, 0.6) is 11.5 Å². The Morgan fingerprint density at radius 1 is 0.944 bits per heavy atom. The highest BCUT2D eigenvalue weighted by atomic mass is 32.2. The van der Waals surface area contributed by atoms with Crippen molar-refractivity contribution in [2.75, 3.05) is 46.9 Å². The predicted octanol–water partition coefficient (Wildman–Crippen LogP) is 1.99. The third kappa shape index (κ3) is 5.77. The molecule has 0 N–H and O–H groups in total.